The lowest BCUT2D eigenvalue weighted by Gasteiger charge is -2.24. The van der Waals surface area contributed by atoms with Crippen molar-refractivity contribution >= 4 is 38.6 Å². The smallest absolute Gasteiger partial charge is 0.328 e. The van der Waals surface area contributed by atoms with Crippen molar-refractivity contribution < 1.29 is 24.5 Å². The van der Waals surface area contributed by atoms with Crippen molar-refractivity contribution in [3.05, 3.63) is 71.4 Å². The number of aliphatic carboxylic acids is 2. The average Bonchev–Trinajstić information content (AvgIpc) is 3.77. The average molecular weight is 553 g/mol. The maximum absolute atomic E-state index is 9.55. The lowest BCUT2D eigenvalue weighted by Crippen LogP contribution is -2.37. The van der Waals surface area contributed by atoms with Crippen molar-refractivity contribution in [1.82, 2.24) is 4.98 Å². The molecule has 2 aliphatic carbocycles. The van der Waals surface area contributed by atoms with Gasteiger partial charge in [-0.2, -0.15) is 0 Å². The molecule has 36 heavy (non-hydrogen) atoms. The van der Waals surface area contributed by atoms with E-state index in [4.69, 9.17) is 20.7 Å². The summed E-state index contributed by atoms with van der Waals surface area (Å²) in [6, 6.07) is 17.0. The predicted octanol–water partition coefficient (Wildman–Crippen LogP) is 5.52. The van der Waals surface area contributed by atoms with Gasteiger partial charge in [-0.15, -0.1) is 0 Å². The highest BCUT2D eigenvalue weighted by atomic mass is 79.9. The number of carboxylic acid groups (broad SMARTS) is 2. The fraction of sp³-hybridized carbons (Fsp3) is 0.321. The molecule has 0 aliphatic heterocycles. The van der Waals surface area contributed by atoms with Crippen LogP contribution in [0, 0.1) is 17.8 Å². The number of hydrogen-bond donors (Lipinski definition) is 3. The number of pyridine rings is 1. The topological polar surface area (TPSA) is 123 Å². The first-order valence-corrected chi connectivity index (χ1v) is 12.8. The first-order chi connectivity index (χ1) is 17.3. The van der Waals surface area contributed by atoms with E-state index in [2.05, 4.69) is 69.4 Å². The Bertz CT molecular complexity index is 1240. The number of carboxylic acids is 2. The first-order valence-electron chi connectivity index (χ1n) is 12.0. The van der Waals surface area contributed by atoms with Gasteiger partial charge in [0.15, 0.2) is 0 Å². The zero-order valence-electron chi connectivity index (χ0n) is 19.7. The number of hydrogen-bond acceptors (Lipinski definition) is 5. The second-order valence-electron chi connectivity index (χ2n) is 9.29. The highest BCUT2D eigenvalue weighted by Crippen LogP contribution is 2.44. The van der Waals surface area contributed by atoms with Gasteiger partial charge in [0.2, 0.25) is 0 Å². The molecule has 2 saturated carbocycles. The van der Waals surface area contributed by atoms with Gasteiger partial charge in [0.1, 0.15) is 5.75 Å². The summed E-state index contributed by atoms with van der Waals surface area (Å²) in [5, 5.41) is 17.9. The van der Waals surface area contributed by atoms with E-state index in [1.165, 1.54) is 25.7 Å². The molecule has 188 valence electrons. The molecule has 0 bridgehead atoms. The van der Waals surface area contributed by atoms with Crippen LogP contribution in [0.1, 0.15) is 25.7 Å². The van der Waals surface area contributed by atoms with Gasteiger partial charge < -0.3 is 20.7 Å². The molecule has 7 nitrogen and oxygen atoms in total. The number of benzene rings is 2. The highest BCUT2D eigenvalue weighted by Gasteiger charge is 2.41. The van der Waals surface area contributed by atoms with Crippen LogP contribution in [0.4, 0.5) is 0 Å². The van der Waals surface area contributed by atoms with Crippen LogP contribution in [0.2, 0.25) is 0 Å². The lowest BCUT2D eigenvalue weighted by atomic mass is 9.92. The monoisotopic (exact) mass is 552 g/mol. The van der Waals surface area contributed by atoms with Crippen molar-refractivity contribution in [2.45, 2.75) is 31.7 Å². The third kappa shape index (κ3) is 7.15. The molecule has 3 aromatic rings. The Morgan fingerprint density at radius 3 is 2.22 bits per heavy atom. The molecule has 2 unspecified atom stereocenters. The number of nitrogens with zero attached hydrogens (tertiary/aromatic N) is 1. The number of carbonyl (C=O) groups is 2. The summed E-state index contributed by atoms with van der Waals surface area (Å²) in [6.07, 6.45) is 8.21. The van der Waals surface area contributed by atoms with Gasteiger partial charge in [-0.25, -0.2) is 9.59 Å². The van der Waals surface area contributed by atoms with Crippen LogP contribution in [0.3, 0.4) is 0 Å². The Morgan fingerprint density at radius 1 is 1.00 bits per heavy atom. The molecule has 0 amide bonds. The summed E-state index contributed by atoms with van der Waals surface area (Å²) < 4.78 is 7.30. The Morgan fingerprint density at radius 2 is 1.64 bits per heavy atom. The number of aromatic nitrogens is 1. The molecule has 4 N–H and O–H groups in total. The summed E-state index contributed by atoms with van der Waals surface area (Å²) in [5.41, 5.74) is 8.64. The largest absolute Gasteiger partial charge is 0.493 e. The third-order valence-electron chi connectivity index (χ3n) is 6.55. The van der Waals surface area contributed by atoms with Crippen LogP contribution < -0.4 is 10.5 Å². The summed E-state index contributed by atoms with van der Waals surface area (Å²) in [4.78, 5) is 23.7. The van der Waals surface area contributed by atoms with Crippen LogP contribution in [-0.2, 0) is 9.59 Å². The SMILES string of the molecule is NC(C1CC1)C(COc1ccc2c(-c3ccc(Br)cc3)nccc2c1)C1CC1.O=C(O)/C=C/C(=O)O. The van der Waals surface area contributed by atoms with E-state index >= 15 is 0 Å². The summed E-state index contributed by atoms with van der Waals surface area (Å²) in [6.45, 7) is 0.735. The van der Waals surface area contributed by atoms with Gasteiger partial charge in [-0.05, 0) is 79.3 Å². The van der Waals surface area contributed by atoms with Crippen LogP contribution in [0.25, 0.3) is 22.0 Å². The van der Waals surface area contributed by atoms with Crippen molar-refractivity contribution in [3.63, 3.8) is 0 Å². The summed E-state index contributed by atoms with van der Waals surface area (Å²) >= 11 is 3.50. The fourth-order valence-corrected chi connectivity index (χ4v) is 4.60. The molecule has 1 aromatic heterocycles. The van der Waals surface area contributed by atoms with Crippen LogP contribution in [0.15, 0.2) is 71.4 Å². The zero-order chi connectivity index (χ0) is 25.7. The number of rotatable bonds is 9. The zero-order valence-corrected chi connectivity index (χ0v) is 21.3. The van der Waals surface area contributed by atoms with Gasteiger partial charge in [0, 0.05) is 45.7 Å². The van der Waals surface area contributed by atoms with E-state index < -0.39 is 11.9 Å². The molecule has 5 rings (SSSR count). The summed E-state index contributed by atoms with van der Waals surface area (Å²) in [7, 11) is 0. The minimum Gasteiger partial charge on any atom is -0.493 e. The molecule has 2 fully saturated rings. The Balaban J connectivity index is 0.000000331. The molecule has 0 radical (unpaired) electrons. The first kappa shape index (κ1) is 25.9. The van der Waals surface area contributed by atoms with Crippen molar-refractivity contribution in [3.8, 4) is 17.0 Å². The van der Waals surface area contributed by atoms with Crippen molar-refractivity contribution in [2.75, 3.05) is 6.61 Å². The standard InChI is InChI=1S/C24H25BrN2O.C4H4O4/c25-19-7-5-17(6-8-19)24-21-10-9-20(13-18(21)11-12-27-24)28-14-22(15-1-2-15)23(26)16-3-4-16;5-3(6)1-2-4(7)8/h5-13,15-16,22-23H,1-4,14,26H2;1-2H,(H,5,6)(H,7,8)/b;2-1+. The summed E-state index contributed by atoms with van der Waals surface area (Å²) in [5.74, 6) is 0.405. The Hall–Kier alpha value is -3.23. The molecule has 8 heteroatoms. The maximum Gasteiger partial charge on any atom is 0.328 e. The van der Waals surface area contributed by atoms with Gasteiger partial charge >= 0.3 is 11.9 Å². The highest BCUT2D eigenvalue weighted by molar-refractivity contribution is 9.10. The second-order valence-corrected chi connectivity index (χ2v) is 10.2. The van der Waals surface area contributed by atoms with Crippen LogP contribution in [-0.4, -0.2) is 39.8 Å². The van der Waals surface area contributed by atoms with E-state index in [-0.39, 0.29) is 0 Å². The maximum atomic E-state index is 9.55. The fourth-order valence-electron chi connectivity index (χ4n) is 4.34. The minimum atomic E-state index is -1.26. The third-order valence-corrected chi connectivity index (χ3v) is 7.08. The van der Waals surface area contributed by atoms with Crippen LogP contribution >= 0.6 is 15.9 Å². The molecule has 0 spiro atoms. The molecule has 2 aromatic carbocycles. The van der Waals surface area contributed by atoms with Crippen molar-refractivity contribution in [2.24, 2.45) is 23.5 Å². The quantitative estimate of drug-likeness (QED) is 0.298. The molecule has 1 heterocycles. The number of ether oxygens (including phenoxy) is 1. The molecular formula is C28H29BrN2O5. The van der Waals surface area contributed by atoms with Crippen LogP contribution in [0.5, 0.6) is 5.75 Å². The van der Waals surface area contributed by atoms with Gasteiger partial charge in [0.25, 0.3) is 0 Å². The molecule has 2 aliphatic rings. The van der Waals surface area contributed by atoms with E-state index in [0.717, 1.165) is 50.7 Å². The number of halogens is 1. The number of nitrogens with two attached hydrogens (primary N) is 1. The lowest BCUT2D eigenvalue weighted by molar-refractivity contribution is -0.134. The van der Waals surface area contributed by atoms with E-state index in [9.17, 15) is 9.59 Å². The van der Waals surface area contributed by atoms with Gasteiger partial charge in [-0.3, -0.25) is 4.98 Å². The van der Waals surface area contributed by atoms with Gasteiger partial charge in [0.05, 0.1) is 12.3 Å². The minimum absolute atomic E-state index is 0.307. The normalized spacial score (nSPS) is 16.7. The van der Waals surface area contributed by atoms with E-state index in [1.807, 2.05) is 6.20 Å². The predicted molar refractivity (Wildman–Crippen MR) is 142 cm³/mol. The van der Waals surface area contributed by atoms with E-state index in [1.54, 1.807) is 0 Å². The Kier molecular flexibility index (Phi) is 8.38. The van der Waals surface area contributed by atoms with Crippen molar-refractivity contribution in [1.29, 1.82) is 0 Å². The van der Waals surface area contributed by atoms with E-state index in [0.29, 0.717) is 24.1 Å². The molecular weight excluding hydrogens is 524 g/mol. The molecule has 2 atom stereocenters. The van der Waals surface area contributed by atoms with Gasteiger partial charge in [-0.1, -0.05) is 28.1 Å². The second kappa shape index (κ2) is 11.7. The molecule has 0 saturated heterocycles. The number of fused-ring (bicyclic) bond motifs is 1. The Labute approximate surface area is 218 Å².